The highest BCUT2D eigenvalue weighted by Gasteiger charge is 2.13. The van der Waals surface area contributed by atoms with Crippen LogP contribution >= 0.6 is 0 Å². The average molecular weight is 293 g/mol. The van der Waals surface area contributed by atoms with Crippen LogP contribution in [0.4, 0.5) is 0 Å². The summed E-state index contributed by atoms with van der Waals surface area (Å²) in [7, 11) is 1.91. The molecule has 21 heavy (non-hydrogen) atoms. The van der Waals surface area contributed by atoms with Crippen LogP contribution in [0.3, 0.4) is 0 Å². The van der Waals surface area contributed by atoms with Crippen molar-refractivity contribution in [3.8, 4) is 5.75 Å². The largest absolute Gasteiger partial charge is 0.492 e. The van der Waals surface area contributed by atoms with Gasteiger partial charge in [-0.1, -0.05) is 26.8 Å². The van der Waals surface area contributed by atoms with Crippen molar-refractivity contribution in [3.05, 3.63) is 29.3 Å². The number of likely N-dealkylation sites (N-methyl/N-ethyl adjacent to an activating group) is 1. The number of aliphatic carboxylic acids is 1. The number of rotatable bonds is 8. The molecule has 1 atom stereocenters. The van der Waals surface area contributed by atoms with Crippen LogP contribution in [0.1, 0.15) is 37.8 Å². The Labute approximate surface area is 127 Å². The van der Waals surface area contributed by atoms with Gasteiger partial charge in [0.25, 0.3) is 0 Å². The van der Waals surface area contributed by atoms with E-state index in [4.69, 9.17) is 9.84 Å². The minimum absolute atomic E-state index is 0.359. The molecule has 1 rings (SSSR count). The molecule has 118 valence electrons. The highest BCUT2D eigenvalue weighted by Crippen LogP contribution is 2.23. The fraction of sp³-hybridized carbons (Fsp3) is 0.588. The number of nitrogens with zero attached hydrogens (tertiary/aromatic N) is 1. The molecule has 0 aliphatic heterocycles. The number of aryl methyl sites for hydroxylation is 1. The van der Waals surface area contributed by atoms with Gasteiger partial charge in [-0.2, -0.15) is 0 Å². The minimum Gasteiger partial charge on any atom is -0.492 e. The monoisotopic (exact) mass is 293 g/mol. The van der Waals surface area contributed by atoms with Crippen molar-refractivity contribution in [1.29, 1.82) is 0 Å². The smallest absolute Gasteiger partial charge is 0.307 e. The molecule has 1 N–H and O–H groups in total. The quantitative estimate of drug-likeness (QED) is 0.800. The molecule has 4 nitrogen and oxygen atoms in total. The zero-order valence-electron chi connectivity index (χ0n) is 13.7. The summed E-state index contributed by atoms with van der Waals surface area (Å²) in [6, 6.07) is 6.18. The molecule has 0 saturated carbocycles. The summed E-state index contributed by atoms with van der Waals surface area (Å²) in [5, 5.41) is 8.88. The summed E-state index contributed by atoms with van der Waals surface area (Å²) in [5.41, 5.74) is 2.59. The van der Waals surface area contributed by atoms with E-state index >= 15 is 0 Å². The van der Waals surface area contributed by atoms with Crippen molar-refractivity contribution in [3.63, 3.8) is 0 Å². The maximum absolute atomic E-state index is 10.8. The molecule has 0 fully saturated rings. The summed E-state index contributed by atoms with van der Waals surface area (Å²) in [6.45, 7) is 9.98. The Morgan fingerprint density at radius 2 is 2.00 bits per heavy atom. The van der Waals surface area contributed by atoms with Gasteiger partial charge in [0.05, 0.1) is 5.92 Å². The van der Waals surface area contributed by atoms with Gasteiger partial charge in [-0.15, -0.1) is 0 Å². The van der Waals surface area contributed by atoms with Crippen molar-refractivity contribution in [2.45, 2.75) is 33.6 Å². The van der Waals surface area contributed by atoms with Gasteiger partial charge in [0.1, 0.15) is 12.4 Å². The Balaban J connectivity index is 2.42. The van der Waals surface area contributed by atoms with Crippen LogP contribution in [-0.4, -0.2) is 42.7 Å². The number of ether oxygens (including phenoxy) is 1. The zero-order chi connectivity index (χ0) is 16.0. The maximum Gasteiger partial charge on any atom is 0.307 e. The number of carbonyl (C=O) groups is 1. The lowest BCUT2D eigenvalue weighted by molar-refractivity contribution is -0.141. The lowest BCUT2D eigenvalue weighted by atomic mass is 9.98. The first-order valence-electron chi connectivity index (χ1n) is 7.46. The number of hydrogen-bond donors (Lipinski definition) is 1. The van der Waals surface area contributed by atoms with E-state index in [1.807, 2.05) is 18.0 Å². The molecule has 0 spiro atoms. The lowest BCUT2D eigenvalue weighted by Crippen LogP contribution is -2.31. The van der Waals surface area contributed by atoms with Crippen LogP contribution in [0.15, 0.2) is 18.2 Å². The first kappa shape index (κ1) is 17.5. The molecule has 0 heterocycles. The normalized spacial score (nSPS) is 12.7. The van der Waals surface area contributed by atoms with E-state index < -0.39 is 5.97 Å². The Morgan fingerprint density at radius 1 is 1.33 bits per heavy atom. The Kier molecular flexibility index (Phi) is 6.69. The van der Waals surface area contributed by atoms with E-state index in [0.29, 0.717) is 25.6 Å². The number of carboxylic acid groups (broad SMARTS) is 1. The summed E-state index contributed by atoms with van der Waals surface area (Å²) in [4.78, 5) is 12.8. The fourth-order valence-corrected chi connectivity index (χ4v) is 2.34. The van der Waals surface area contributed by atoms with Crippen LogP contribution in [0.25, 0.3) is 0 Å². The predicted molar refractivity (Wildman–Crippen MR) is 85.1 cm³/mol. The van der Waals surface area contributed by atoms with Gasteiger partial charge in [-0.3, -0.25) is 4.79 Å². The Morgan fingerprint density at radius 3 is 2.52 bits per heavy atom. The molecule has 1 aromatic carbocycles. The van der Waals surface area contributed by atoms with Crippen LogP contribution in [0, 0.1) is 12.8 Å². The van der Waals surface area contributed by atoms with Crippen LogP contribution < -0.4 is 4.74 Å². The van der Waals surface area contributed by atoms with Gasteiger partial charge in [-0.05, 0) is 43.1 Å². The molecule has 0 saturated heterocycles. The van der Waals surface area contributed by atoms with Gasteiger partial charge in [-0.25, -0.2) is 0 Å². The SMILES string of the molecule is Cc1cc(OCCN(C)CC(C)C(=O)O)ccc1C(C)C. The summed E-state index contributed by atoms with van der Waals surface area (Å²) in [6.07, 6.45) is 0. The highest BCUT2D eigenvalue weighted by molar-refractivity contribution is 5.69. The van der Waals surface area contributed by atoms with E-state index in [1.54, 1.807) is 6.92 Å². The van der Waals surface area contributed by atoms with Gasteiger partial charge in [0.2, 0.25) is 0 Å². The van der Waals surface area contributed by atoms with E-state index in [0.717, 1.165) is 5.75 Å². The van der Waals surface area contributed by atoms with Crippen LogP contribution in [-0.2, 0) is 4.79 Å². The number of carboxylic acids is 1. The van der Waals surface area contributed by atoms with Crippen molar-refractivity contribution >= 4 is 5.97 Å². The molecule has 1 aromatic rings. The molecule has 0 aliphatic carbocycles. The Hall–Kier alpha value is -1.55. The second-order valence-electron chi connectivity index (χ2n) is 6.02. The van der Waals surface area contributed by atoms with Gasteiger partial charge in [0, 0.05) is 13.1 Å². The molecule has 0 amide bonds. The van der Waals surface area contributed by atoms with E-state index in [2.05, 4.69) is 32.9 Å². The topological polar surface area (TPSA) is 49.8 Å². The van der Waals surface area contributed by atoms with Gasteiger partial charge >= 0.3 is 5.97 Å². The summed E-state index contributed by atoms with van der Waals surface area (Å²) >= 11 is 0. The van der Waals surface area contributed by atoms with Gasteiger partial charge in [0.15, 0.2) is 0 Å². The summed E-state index contributed by atoms with van der Waals surface area (Å²) in [5.74, 6) is 0.268. The molecule has 0 aromatic heterocycles. The van der Waals surface area contributed by atoms with Crippen LogP contribution in [0.5, 0.6) is 5.75 Å². The first-order valence-corrected chi connectivity index (χ1v) is 7.46. The standard InChI is InChI=1S/C17H27NO3/c1-12(2)16-7-6-15(10-13(16)3)21-9-8-18(5)11-14(4)17(19)20/h6-7,10,12,14H,8-9,11H2,1-5H3,(H,19,20). The van der Waals surface area contributed by atoms with Crippen molar-refractivity contribution in [2.75, 3.05) is 26.7 Å². The van der Waals surface area contributed by atoms with E-state index in [9.17, 15) is 4.79 Å². The summed E-state index contributed by atoms with van der Waals surface area (Å²) < 4.78 is 5.75. The van der Waals surface area contributed by atoms with Crippen LogP contribution in [0.2, 0.25) is 0 Å². The number of benzene rings is 1. The average Bonchev–Trinajstić information content (AvgIpc) is 2.38. The third kappa shape index (κ3) is 5.76. The third-order valence-electron chi connectivity index (χ3n) is 3.61. The minimum atomic E-state index is -0.761. The van der Waals surface area contributed by atoms with Crippen molar-refractivity contribution in [1.82, 2.24) is 4.90 Å². The second kappa shape index (κ2) is 8.03. The fourth-order valence-electron chi connectivity index (χ4n) is 2.34. The highest BCUT2D eigenvalue weighted by atomic mass is 16.5. The molecular formula is C17H27NO3. The molecule has 4 heteroatoms. The molecule has 0 bridgehead atoms. The van der Waals surface area contributed by atoms with Crippen molar-refractivity contribution in [2.24, 2.45) is 5.92 Å². The van der Waals surface area contributed by atoms with Crippen molar-refractivity contribution < 1.29 is 14.6 Å². The first-order chi connectivity index (χ1) is 9.81. The molecule has 0 radical (unpaired) electrons. The maximum atomic E-state index is 10.8. The molecular weight excluding hydrogens is 266 g/mol. The Bertz CT molecular complexity index is 471. The van der Waals surface area contributed by atoms with E-state index in [1.165, 1.54) is 11.1 Å². The second-order valence-corrected chi connectivity index (χ2v) is 6.02. The predicted octanol–water partition coefficient (Wildman–Crippen LogP) is 3.15. The molecule has 0 aliphatic rings. The molecule has 1 unspecified atom stereocenters. The number of hydrogen-bond acceptors (Lipinski definition) is 3. The third-order valence-corrected chi connectivity index (χ3v) is 3.61. The van der Waals surface area contributed by atoms with E-state index in [-0.39, 0.29) is 5.92 Å². The zero-order valence-corrected chi connectivity index (χ0v) is 13.7. The van der Waals surface area contributed by atoms with Gasteiger partial charge < -0.3 is 14.7 Å². The lowest BCUT2D eigenvalue weighted by Gasteiger charge is -2.19.